The van der Waals surface area contributed by atoms with Gasteiger partial charge in [0.05, 0.1) is 24.7 Å². The van der Waals surface area contributed by atoms with Crippen molar-refractivity contribution < 1.29 is 33.8 Å². The molecule has 10 heteroatoms. The van der Waals surface area contributed by atoms with E-state index in [1.54, 1.807) is 30.1 Å². The number of aliphatic hydroxyl groups is 1. The molecule has 0 unspecified atom stereocenters. The van der Waals surface area contributed by atoms with Crippen LogP contribution in [-0.4, -0.2) is 77.2 Å². The standard InChI is InChI=1S/C35H39N3O7/c1-21-11-9-12-22(2)29(21)37-18-10-17-35-28(32(41)38(19-20-39)31(35)33(37)42)27-25(45-35)15-7-8-16-26(40)36-23(3)30(44-34(27)43)24-13-5-4-6-14-24/h4-7,9-15,17,23,25,27-28,30-31,39H,8,16,18-20H2,1-3H3,(H,36,40)/b15-7-/t23-,25-,27+,28+,30+,31-,35+/m0/s1. The van der Waals surface area contributed by atoms with Crippen LogP contribution in [0.15, 0.2) is 72.8 Å². The van der Waals surface area contributed by atoms with E-state index in [0.717, 1.165) is 16.8 Å². The van der Waals surface area contributed by atoms with Crippen LogP contribution < -0.4 is 10.2 Å². The molecule has 236 valence electrons. The summed E-state index contributed by atoms with van der Waals surface area (Å²) in [6.45, 7) is 5.44. The van der Waals surface area contributed by atoms with Crippen molar-refractivity contribution in [3.63, 3.8) is 0 Å². The second kappa shape index (κ2) is 12.3. The number of hydrogen-bond donors (Lipinski definition) is 2. The molecule has 0 aliphatic carbocycles. The number of hydrogen-bond acceptors (Lipinski definition) is 7. The molecule has 0 bridgehead atoms. The van der Waals surface area contributed by atoms with Gasteiger partial charge in [0.2, 0.25) is 11.8 Å². The number of anilines is 1. The highest BCUT2D eigenvalue weighted by Gasteiger charge is 2.72. The lowest BCUT2D eigenvalue weighted by molar-refractivity contribution is -0.161. The Labute approximate surface area is 262 Å². The monoisotopic (exact) mass is 613 g/mol. The van der Waals surface area contributed by atoms with Crippen molar-refractivity contribution in [2.45, 2.75) is 63.5 Å². The first-order chi connectivity index (χ1) is 21.7. The van der Waals surface area contributed by atoms with Gasteiger partial charge in [0.1, 0.15) is 23.7 Å². The average Bonchev–Trinajstić information content (AvgIpc) is 3.39. The minimum Gasteiger partial charge on any atom is -0.455 e. The first-order valence-electron chi connectivity index (χ1n) is 15.5. The second-order valence-electron chi connectivity index (χ2n) is 12.3. The number of nitrogens with one attached hydrogen (secondary N) is 1. The fraction of sp³-hybridized carbons (Fsp3) is 0.429. The zero-order valence-electron chi connectivity index (χ0n) is 25.7. The molecule has 7 atom stereocenters. The van der Waals surface area contributed by atoms with Crippen molar-refractivity contribution in [2.75, 3.05) is 24.6 Å². The number of β-amino-alcohol motifs (C(OH)–C–C–N with tert-alkyl or cyclic N) is 1. The summed E-state index contributed by atoms with van der Waals surface area (Å²) in [5.74, 6) is -3.77. The maximum Gasteiger partial charge on any atom is 0.313 e. The summed E-state index contributed by atoms with van der Waals surface area (Å²) < 4.78 is 12.9. The Kier molecular flexibility index (Phi) is 8.37. The minimum atomic E-state index is -1.48. The largest absolute Gasteiger partial charge is 0.455 e. The third-order valence-corrected chi connectivity index (χ3v) is 9.39. The van der Waals surface area contributed by atoms with E-state index in [1.807, 2.05) is 68.5 Å². The first-order valence-corrected chi connectivity index (χ1v) is 15.5. The normalized spacial score (nSPS) is 32.4. The highest BCUT2D eigenvalue weighted by molar-refractivity contribution is 6.06. The van der Waals surface area contributed by atoms with Crippen molar-refractivity contribution in [3.05, 3.63) is 89.5 Å². The number of aliphatic hydroxyl groups excluding tert-OH is 1. The first kappa shape index (κ1) is 30.7. The van der Waals surface area contributed by atoms with Crippen LogP contribution in [-0.2, 0) is 28.7 Å². The minimum absolute atomic E-state index is 0.0940. The van der Waals surface area contributed by atoms with Crippen LogP contribution in [0.1, 0.15) is 42.6 Å². The zero-order chi connectivity index (χ0) is 31.9. The number of carbonyl (C=O) groups excluding carboxylic acids is 4. The number of likely N-dealkylation sites (tertiary alicyclic amines) is 1. The molecule has 3 amide bonds. The van der Waals surface area contributed by atoms with Gasteiger partial charge >= 0.3 is 5.97 Å². The number of carbonyl (C=O) groups is 4. The number of nitrogens with zero attached hydrogens (tertiary/aromatic N) is 2. The Morgan fingerprint density at radius 3 is 2.42 bits per heavy atom. The van der Waals surface area contributed by atoms with Crippen molar-refractivity contribution in [3.8, 4) is 0 Å². The molecule has 6 rings (SSSR count). The van der Waals surface area contributed by atoms with Gasteiger partial charge in [0.25, 0.3) is 5.91 Å². The molecule has 0 radical (unpaired) electrons. The van der Waals surface area contributed by atoms with Gasteiger partial charge in [-0.3, -0.25) is 19.2 Å². The number of esters is 1. The van der Waals surface area contributed by atoms with Gasteiger partial charge in [0, 0.05) is 25.2 Å². The number of rotatable bonds is 4. The highest BCUT2D eigenvalue weighted by atomic mass is 16.6. The van der Waals surface area contributed by atoms with E-state index in [2.05, 4.69) is 5.32 Å². The topological polar surface area (TPSA) is 125 Å². The van der Waals surface area contributed by atoms with Gasteiger partial charge in [-0.15, -0.1) is 0 Å². The van der Waals surface area contributed by atoms with Crippen LogP contribution >= 0.6 is 0 Å². The summed E-state index contributed by atoms with van der Waals surface area (Å²) in [6.07, 6.45) is 5.98. The molecule has 10 nitrogen and oxygen atoms in total. The summed E-state index contributed by atoms with van der Waals surface area (Å²) in [5, 5.41) is 13.0. The van der Waals surface area contributed by atoms with Crippen LogP contribution in [0.25, 0.3) is 0 Å². The van der Waals surface area contributed by atoms with E-state index in [4.69, 9.17) is 9.47 Å². The average molecular weight is 614 g/mol. The lowest BCUT2D eigenvalue weighted by Crippen LogP contribution is -2.56. The number of benzene rings is 2. The van der Waals surface area contributed by atoms with Crippen LogP contribution in [0, 0.1) is 25.7 Å². The number of cyclic esters (lactones) is 1. The molecule has 2 N–H and O–H groups in total. The number of para-hydroxylation sites is 1. The smallest absolute Gasteiger partial charge is 0.313 e. The fourth-order valence-corrected chi connectivity index (χ4v) is 7.48. The third kappa shape index (κ3) is 5.25. The predicted molar refractivity (Wildman–Crippen MR) is 166 cm³/mol. The Morgan fingerprint density at radius 2 is 1.71 bits per heavy atom. The summed E-state index contributed by atoms with van der Waals surface area (Å²) in [7, 11) is 0. The fourth-order valence-electron chi connectivity index (χ4n) is 7.48. The Hall–Kier alpha value is -4.28. The Morgan fingerprint density at radius 1 is 0.978 bits per heavy atom. The SMILES string of the molecule is Cc1cccc(C)c1N1CC=C[C@@]23O[C@H]4/C=C\CCC(=O)N[C@@H](C)[C@H](c5ccccc5)OC(=O)[C@H]4[C@@H]2C(=O)N(CCO)[C@H]3C1=O. The van der Waals surface area contributed by atoms with Gasteiger partial charge in [0.15, 0.2) is 0 Å². The summed E-state index contributed by atoms with van der Waals surface area (Å²) in [4.78, 5) is 59.0. The summed E-state index contributed by atoms with van der Waals surface area (Å²) in [5.41, 5.74) is 1.79. The predicted octanol–water partition coefficient (Wildman–Crippen LogP) is 2.92. The maximum atomic E-state index is 14.6. The molecule has 2 fully saturated rings. The molecule has 0 saturated carbocycles. The number of ether oxygens (including phenoxy) is 2. The van der Waals surface area contributed by atoms with Crippen molar-refractivity contribution in [1.82, 2.24) is 10.2 Å². The van der Waals surface area contributed by atoms with Crippen LogP contribution in [0.2, 0.25) is 0 Å². The van der Waals surface area contributed by atoms with E-state index >= 15 is 0 Å². The third-order valence-electron chi connectivity index (χ3n) is 9.39. The van der Waals surface area contributed by atoms with Gasteiger partial charge in [-0.2, -0.15) is 0 Å². The maximum absolute atomic E-state index is 14.6. The molecule has 4 heterocycles. The molecular formula is C35H39N3O7. The van der Waals surface area contributed by atoms with Crippen LogP contribution in [0.3, 0.4) is 0 Å². The van der Waals surface area contributed by atoms with E-state index in [0.29, 0.717) is 12.0 Å². The number of aryl methyl sites for hydroxylation is 2. The zero-order valence-corrected chi connectivity index (χ0v) is 25.7. The molecule has 45 heavy (non-hydrogen) atoms. The molecule has 4 aliphatic rings. The van der Waals surface area contributed by atoms with Gasteiger partial charge in [-0.05, 0) is 43.9 Å². The van der Waals surface area contributed by atoms with Gasteiger partial charge in [-0.25, -0.2) is 0 Å². The number of amides is 3. The van der Waals surface area contributed by atoms with Crippen LogP contribution in [0.5, 0.6) is 0 Å². The van der Waals surface area contributed by atoms with Gasteiger partial charge < -0.3 is 29.7 Å². The quantitative estimate of drug-likeness (QED) is 0.401. The van der Waals surface area contributed by atoms with E-state index < -0.39 is 53.6 Å². The van der Waals surface area contributed by atoms with Crippen molar-refractivity contribution in [1.29, 1.82) is 0 Å². The molecule has 4 aliphatic heterocycles. The lowest BCUT2D eigenvalue weighted by atomic mass is 9.77. The van der Waals surface area contributed by atoms with E-state index in [9.17, 15) is 24.3 Å². The molecule has 2 aromatic carbocycles. The molecular weight excluding hydrogens is 574 g/mol. The van der Waals surface area contributed by atoms with Crippen molar-refractivity contribution in [2.24, 2.45) is 11.8 Å². The number of fused-ring (bicyclic) bond motifs is 2. The van der Waals surface area contributed by atoms with Crippen LogP contribution in [0.4, 0.5) is 5.69 Å². The highest BCUT2D eigenvalue weighted by Crippen LogP contribution is 2.53. The molecule has 1 spiro atoms. The Bertz CT molecular complexity index is 1540. The second-order valence-corrected chi connectivity index (χ2v) is 12.3. The Balaban J connectivity index is 1.45. The van der Waals surface area contributed by atoms with Gasteiger partial charge in [-0.1, -0.05) is 72.8 Å². The molecule has 2 saturated heterocycles. The van der Waals surface area contributed by atoms with E-state index in [1.165, 1.54) is 4.90 Å². The molecule has 2 aromatic rings. The van der Waals surface area contributed by atoms with Crippen molar-refractivity contribution >= 4 is 29.4 Å². The lowest BCUT2D eigenvalue weighted by Gasteiger charge is -2.35. The summed E-state index contributed by atoms with van der Waals surface area (Å²) >= 11 is 0. The molecule has 0 aromatic heterocycles. The van der Waals surface area contributed by atoms with E-state index in [-0.39, 0.29) is 37.9 Å². The number of allylic oxidation sites excluding steroid dienone is 1. The summed E-state index contributed by atoms with van der Waals surface area (Å²) in [6, 6.07) is 13.3.